The highest BCUT2D eigenvalue weighted by Crippen LogP contribution is 2.11. The third-order valence-electron chi connectivity index (χ3n) is 3.83. The third-order valence-corrected chi connectivity index (χ3v) is 5.19. The maximum atomic E-state index is 12.2. The van der Waals surface area contributed by atoms with Gasteiger partial charge in [-0.15, -0.1) is 0 Å². The Morgan fingerprint density at radius 2 is 1.69 bits per heavy atom. The summed E-state index contributed by atoms with van der Waals surface area (Å²) in [5.74, 6) is 0. The minimum atomic E-state index is -3.57. The molecule has 0 saturated carbocycles. The molecule has 0 amide bonds. The van der Waals surface area contributed by atoms with Gasteiger partial charge in [-0.25, -0.2) is 13.1 Å². The van der Waals surface area contributed by atoms with E-state index in [1.165, 1.54) is 17.1 Å². The molecule has 0 bridgehead atoms. The van der Waals surface area contributed by atoms with E-state index in [-0.39, 0.29) is 11.4 Å². The summed E-state index contributed by atoms with van der Waals surface area (Å²) in [7, 11) is -1.89. The van der Waals surface area contributed by atoms with Crippen molar-refractivity contribution in [3.05, 3.63) is 83.7 Å². The number of rotatable bonds is 8. The number of nitrogens with zero attached hydrogens (tertiary/aromatic N) is 2. The summed E-state index contributed by atoms with van der Waals surface area (Å²) in [6.07, 6.45) is 2.80. The van der Waals surface area contributed by atoms with Crippen molar-refractivity contribution < 1.29 is 13.2 Å². The highest BCUT2D eigenvalue weighted by molar-refractivity contribution is 7.89. The van der Waals surface area contributed by atoms with Crippen LogP contribution >= 0.6 is 0 Å². The maximum absolute atomic E-state index is 12.2. The van der Waals surface area contributed by atoms with E-state index in [1.807, 2.05) is 54.6 Å². The van der Waals surface area contributed by atoms with Crippen LogP contribution in [-0.4, -0.2) is 18.2 Å². The molecule has 7 heteroatoms. The summed E-state index contributed by atoms with van der Waals surface area (Å²) in [5.41, 5.74) is 2.99. The molecule has 0 aliphatic carbocycles. The second-order valence-corrected chi connectivity index (χ2v) is 7.74. The van der Waals surface area contributed by atoms with Gasteiger partial charge >= 0.3 is 0 Å². The van der Waals surface area contributed by atoms with Crippen LogP contribution in [0.3, 0.4) is 0 Å². The summed E-state index contributed by atoms with van der Waals surface area (Å²) in [6.45, 7) is 1.22. The van der Waals surface area contributed by atoms with Gasteiger partial charge in [-0.3, -0.25) is 4.68 Å². The Kier molecular flexibility index (Phi) is 5.82. The van der Waals surface area contributed by atoms with E-state index in [4.69, 9.17) is 4.74 Å². The molecule has 1 heterocycles. The molecule has 0 fully saturated rings. The maximum Gasteiger partial charge on any atom is 0.243 e. The topological polar surface area (TPSA) is 73.2 Å². The SMILES string of the molecule is Cn1cc(S(=O)(=O)NCc2cccc(COCc3ccccc3)c2)cn1. The molecule has 0 radical (unpaired) electrons. The average Bonchev–Trinajstić information content (AvgIpc) is 3.09. The fourth-order valence-corrected chi connectivity index (χ4v) is 3.49. The van der Waals surface area contributed by atoms with Crippen LogP contribution in [0, 0.1) is 0 Å². The van der Waals surface area contributed by atoms with Crippen molar-refractivity contribution in [2.45, 2.75) is 24.7 Å². The van der Waals surface area contributed by atoms with Gasteiger partial charge in [0.25, 0.3) is 0 Å². The van der Waals surface area contributed by atoms with Gasteiger partial charge in [-0.05, 0) is 16.7 Å². The van der Waals surface area contributed by atoms with E-state index in [0.717, 1.165) is 16.7 Å². The van der Waals surface area contributed by atoms with Crippen LogP contribution < -0.4 is 4.72 Å². The van der Waals surface area contributed by atoms with Gasteiger partial charge in [0.2, 0.25) is 10.0 Å². The van der Waals surface area contributed by atoms with Crippen molar-refractivity contribution in [1.29, 1.82) is 0 Å². The molecule has 6 nitrogen and oxygen atoms in total. The molecule has 0 aliphatic rings. The lowest BCUT2D eigenvalue weighted by Gasteiger charge is -2.08. The predicted octanol–water partition coefficient (Wildman–Crippen LogP) is 2.62. The highest BCUT2D eigenvalue weighted by Gasteiger charge is 2.15. The quantitative estimate of drug-likeness (QED) is 0.661. The zero-order valence-corrected chi connectivity index (χ0v) is 15.3. The fraction of sp³-hybridized carbons (Fsp3) is 0.211. The van der Waals surface area contributed by atoms with E-state index in [9.17, 15) is 8.42 Å². The minimum Gasteiger partial charge on any atom is -0.372 e. The van der Waals surface area contributed by atoms with Gasteiger partial charge in [-0.1, -0.05) is 54.6 Å². The van der Waals surface area contributed by atoms with E-state index in [1.54, 1.807) is 7.05 Å². The number of ether oxygens (including phenoxy) is 1. The van der Waals surface area contributed by atoms with Gasteiger partial charge in [-0.2, -0.15) is 5.10 Å². The van der Waals surface area contributed by atoms with Crippen LogP contribution in [0.4, 0.5) is 0 Å². The fourth-order valence-electron chi connectivity index (χ4n) is 2.49. The second kappa shape index (κ2) is 8.27. The molecule has 1 N–H and O–H groups in total. The average molecular weight is 371 g/mol. The van der Waals surface area contributed by atoms with Crippen molar-refractivity contribution >= 4 is 10.0 Å². The van der Waals surface area contributed by atoms with Crippen LogP contribution in [0.5, 0.6) is 0 Å². The Morgan fingerprint density at radius 1 is 1.00 bits per heavy atom. The first kappa shape index (κ1) is 18.3. The molecule has 1 aromatic heterocycles. The van der Waals surface area contributed by atoms with Gasteiger partial charge in [0, 0.05) is 19.8 Å². The number of aryl methyl sites for hydroxylation is 1. The first-order chi connectivity index (χ1) is 12.5. The molecule has 0 spiro atoms. The minimum absolute atomic E-state index is 0.155. The van der Waals surface area contributed by atoms with Gasteiger partial charge in [0.05, 0.1) is 19.4 Å². The second-order valence-electron chi connectivity index (χ2n) is 5.97. The summed E-state index contributed by atoms with van der Waals surface area (Å²) in [6, 6.07) is 17.6. The van der Waals surface area contributed by atoms with Gasteiger partial charge < -0.3 is 4.74 Å². The molecule has 3 rings (SSSR count). The highest BCUT2D eigenvalue weighted by atomic mass is 32.2. The van der Waals surface area contributed by atoms with Gasteiger partial charge in [0.1, 0.15) is 4.90 Å². The number of aromatic nitrogens is 2. The van der Waals surface area contributed by atoms with E-state index in [0.29, 0.717) is 13.2 Å². The van der Waals surface area contributed by atoms with Gasteiger partial charge in [0.15, 0.2) is 0 Å². The zero-order chi connectivity index (χ0) is 18.4. The Morgan fingerprint density at radius 3 is 2.42 bits per heavy atom. The molecule has 26 heavy (non-hydrogen) atoms. The molecule has 3 aromatic rings. The van der Waals surface area contributed by atoms with Crippen LogP contribution in [0.2, 0.25) is 0 Å². The Hall–Kier alpha value is -2.48. The van der Waals surface area contributed by atoms with Crippen molar-refractivity contribution in [2.24, 2.45) is 7.05 Å². The number of nitrogens with one attached hydrogen (secondary N) is 1. The molecule has 136 valence electrons. The summed E-state index contributed by atoms with van der Waals surface area (Å²) in [5, 5.41) is 3.89. The molecule has 0 unspecified atom stereocenters. The first-order valence-electron chi connectivity index (χ1n) is 8.21. The molecule has 0 atom stereocenters. The Balaban J connectivity index is 1.55. The normalized spacial score (nSPS) is 11.6. The Bertz CT molecular complexity index is 953. The molecule has 0 saturated heterocycles. The summed E-state index contributed by atoms with van der Waals surface area (Å²) < 4.78 is 34.3. The summed E-state index contributed by atoms with van der Waals surface area (Å²) in [4.78, 5) is 0.155. The zero-order valence-electron chi connectivity index (χ0n) is 14.5. The van der Waals surface area contributed by atoms with E-state index in [2.05, 4.69) is 9.82 Å². The van der Waals surface area contributed by atoms with Crippen LogP contribution in [0.1, 0.15) is 16.7 Å². The lowest BCUT2D eigenvalue weighted by atomic mass is 10.1. The van der Waals surface area contributed by atoms with Crippen molar-refractivity contribution in [3.8, 4) is 0 Å². The Labute approximate surface area is 153 Å². The third kappa shape index (κ3) is 5.01. The standard InChI is InChI=1S/C19H21N3O3S/c1-22-13-19(12-20-22)26(23,24)21-11-17-8-5-9-18(10-17)15-25-14-16-6-3-2-4-7-16/h2-10,12-13,21H,11,14-15H2,1H3. The summed E-state index contributed by atoms with van der Waals surface area (Å²) >= 11 is 0. The van der Waals surface area contributed by atoms with Crippen LogP contribution in [0.25, 0.3) is 0 Å². The number of sulfonamides is 1. The van der Waals surface area contributed by atoms with Crippen LogP contribution in [0.15, 0.2) is 71.9 Å². The number of hydrogen-bond donors (Lipinski definition) is 1. The smallest absolute Gasteiger partial charge is 0.243 e. The number of benzene rings is 2. The molecular weight excluding hydrogens is 350 g/mol. The number of hydrogen-bond acceptors (Lipinski definition) is 4. The predicted molar refractivity (Wildman–Crippen MR) is 98.6 cm³/mol. The van der Waals surface area contributed by atoms with E-state index < -0.39 is 10.0 Å². The lowest BCUT2D eigenvalue weighted by Crippen LogP contribution is -2.23. The lowest BCUT2D eigenvalue weighted by molar-refractivity contribution is 0.107. The monoisotopic (exact) mass is 371 g/mol. The van der Waals surface area contributed by atoms with Crippen molar-refractivity contribution in [3.63, 3.8) is 0 Å². The van der Waals surface area contributed by atoms with Crippen LogP contribution in [-0.2, 0) is 41.6 Å². The largest absolute Gasteiger partial charge is 0.372 e. The van der Waals surface area contributed by atoms with Crippen molar-refractivity contribution in [2.75, 3.05) is 0 Å². The molecule has 0 aliphatic heterocycles. The molecular formula is C19H21N3O3S. The van der Waals surface area contributed by atoms with E-state index >= 15 is 0 Å². The molecule has 2 aromatic carbocycles. The first-order valence-corrected chi connectivity index (χ1v) is 9.69. The van der Waals surface area contributed by atoms with Crippen molar-refractivity contribution in [1.82, 2.24) is 14.5 Å².